The van der Waals surface area contributed by atoms with Crippen molar-refractivity contribution in [3.8, 4) is 5.75 Å². The summed E-state index contributed by atoms with van der Waals surface area (Å²) >= 11 is 1.25. The highest BCUT2D eigenvalue weighted by atomic mass is 32.2. The van der Waals surface area contributed by atoms with Crippen molar-refractivity contribution in [1.82, 2.24) is 0 Å². The van der Waals surface area contributed by atoms with E-state index in [1.807, 2.05) is 0 Å². The molecule has 1 aromatic rings. The molecule has 0 aromatic heterocycles. The van der Waals surface area contributed by atoms with Gasteiger partial charge in [0.15, 0.2) is 0 Å². The van der Waals surface area contributed by atoms with Crippen LogP contribution in [0.15, 0.2) is 18.2 Å². The molecule has 22 heavy (non-hydrogen) atoms. The van der Waals surface area contributed by atoms with E-state index in [2.05, 4.69) is 0 Å². The summed E-state index contributed by atoms with van der Waals surface area (Å²) in [6.07, 6.45) is -2.93. The molecule has 0 fully saturated rings. The van der Waals surface area contributed by atoms with Crippen LogP contribution in [0.3, 0.4) is 0 Å². The van der Waals surface area contributed by atoms with E-state index in [1.165, 1.54) is 11.8 Å². The average molecular weight is 337 g/mol. The van der Waals surface area contributed by atoms with Gasteiger partial charge in [-0.15, -0.1) is 0 Å². The number of carboxylic acid groups (broad SMARTS) is 1. The lowest BCUT2D eigenvalue weighted by molar-refractivity contribution is -0.255. The number of carboxylic acids is 1. The van der Waals surface area contributed by atoms with Crippen LogP contribution < -0.4 is 9.84 Å². The van der Waals surface area contributed by atoms with E-state index >= 15 is 0 Å². The van der Waals surface area contributed by atoms with Crippen LogP contribution in [-0.2, 0) is 15.7 Å². The minimum absolute atomic E-state index is 0.133. The lowest BCUT2D eigenvalue weighted by Gasteiger charge is -2.15. The highest BCUT2D eigenvalue weighted by Crippen LogP contribution is 2.33. The van der Waals surface area contributed by atoms with Crippen LogP contribution >= 0.6 is 11.8 Å². The van der Waals surface area contributed by atoms with Crippen LogP contribution in [0.5, 0.6) is 5.75 Å². The number of alkyl halides is 3. The molecule has 1 rings (SSSR count). The number of hydrogen-bond acceptors (Lipinski definition) is 6. The molecule has 9 heteroatoms. The third-order valence-electron chi connectivity index (χ3n) is 2.39. The Hall–Kier alpha value is -1.90. The first kappa shape index (κ1) is 18.1. The van der Waals surface area contributed by atoms with Gasteiger partial charge in [0.05, 0.1) is 17.3 Å². The Kier molecular flexibility index (Phi) is 6.54. The van der Waals surface area contributed by atoms with Crippen molar-refractivity contribution in [2.24, 2.45) is 0 Å². The van der Waals surface area contributed by atoms with Crippen molar-refractivity contribution >= 4 is 23.7 Å². The minimum atomic E-state index is -4.63. The second kappa shape index (κ2) is 7.92. The van der Waals surface area contributed by atoms with Crippen molar-refractivity contribution in [3.05, 3.63) is 29.3 Å². The van der Waals surface area contributed by atoms with Gasteiger partial charge in [0, 0.05) is 5.56 Å². The number of rotatable bonds is 7. The molecule has 0 aliphatic heterocycles. The number of carbonyl (C=O) groups excluding carboxylic acids is 2. The number of halogens is 3. The summed E-state index contributed by atoms with van der Waals surface area (Å²) in [6, 6.07) is 1.94. The molecule has 0 saturated heterocycles. The van der Waals surface area contributed by atoms with E-state index in [-0.39, 0.29) is 19.0 Å². The molecular weight excluding hydrogens is 325 g/mol. The molecule has 0 aliphatic rings. The maximum absolute atomic E-state index is 12.6. The number of hydrogen-bond donors (Lipinski definition) is 0. The molecule has 0 saturated carbocycles. The number of carbonyl (C=O) groups is 2. The van der Waals surface area contributed by atoms with E-state index < -0.39 is 35.0 Å². The minimum Gasteiger partial charge on any atom is -0.545 e. The lowest BCUT2D eigenvalue weighted by atomic mass is 10.1. The number of thioether (sulfide) groups is 1. The van der Waals surface area contributed by atoms with Gasteiger partial charge in [-0.25, -0.2) is 0 Å². The van der Waals surface area contributed by atoms with E-state index in [1.54, 1.807) is 6.26 Å². The zero-order valence-electron chi connectivity index (χ0n) is 11.4. The second-order valence-electron chi connectivity index (χ2n) is 4.00. The fourth-order valence-corrected chi connectivity index (χ4v) is 1.77. The molecule has 0 heterocycles. The molecule has 0 bridgehead atoms. The number of aromatic carboxylic acids is 1. The summed E-state index contributed by atoms with van der Waals surface area (Å²) in [4.78, 5) is 21.9. The first-order valence-electron chi connectivity index (χ1n) is 5.95. The van der Waals surface area contributed by atoms with Gasteiger partial charge < -0.3 is 19.4 Å². The zero-order chi connectivity index (χ0) is 16.8. The van der Waals surface area contributed by atoms with Gasteiger partial charge in [0.1, 0.15) is 19.0 Å². The number of benzene rings is 1. The Labute approximate surface area is 128 Å². The highest BCUT2D eigenvalue weighted by molar-refractivity contribution is 7.99. The molecule has 0 amide bonds. The Balaban J connectivity index is 2.74. The topological polar surface area (TPSA) is 75.7 Å². The smallest absolute Gasteiger partial charge is 0.416 e. The fraction of sp³-hybridized carbons (Fsp3) is 0.385. The van der Waals surface area contributed by atoms with Gasteiger partial charge in [-0.3, -0.25) is 4.79 Å². The average Bonchev–Trinajstić information content (AvgIpc) is 2.42. The van der Waals surface area contributed by atoms with Crippen molar-refractivity contribution in [2.75, 3.05) is 25.2 Å². The molecule has 0 spiro atoms. The van der Waals surface area contributed by atoms with Gasteiger partial charge >= 0.3 is 12.1 Å². The number of esters is 1. The standard InChI is InChI=1S/C13H13F3O5S/c1-22-7-11(17)21-5-4-20-10-6-8(13(14,15)16)2-3-9(10)12(18)19/h2-3,6H,4-5,7H2,1H3,(H,18,19)/p-1. The molecule has 0 radical (unpaired) electrons. The van der Waals surface area contributed by atoms with E-state index in [9.17, 15) is 27.9 Å². The summed E-state index contributed by atoms with van der Waals surface area (Å²) < 4.78 is 47.5. The largest absolute Gasteiger partial charge is 0.545 e. The van der Waals surface area contributed by atoms with Gasteiger partial charge in [0.2, 0.25) is 0 Å². The maximum Gasteiger partial charge on any atom is 0.416 e. The van der Waals surface area contributed by atoms with E-state index in [0.717, 1.165) is 6.07 Å². The first-order valence-corrected chi connectivity index (χ1v) is 7.35. The quantitative estimate of drug-likeness (QED) is 0.552. The Morgan fingerprint density at radius 2 is 1.95 bits per heavy atom. The predicted octanol–water partition coefficient (Wildman–Crippen LogP) is 1.35. The molecule has 122 valence electrons. The Bertz CT molecular complexity index is 545. The van der Waals surface area contributed by atoms with Crippen LogP contribution in [0.2, 0.25) is 0 Å². The van der Waals surface area contributed by atoms with Crippen LogP contribution in [0.1, 0.15) is 15.9 Å². The van der Waals surface area contributed by atoms with Crippen molar-refractivity contribution in [2.45, 2.75) is 6.18 Å². The molecule has 5 nitrogen and oxygen atoms in total. The summed E-state index contributed by atoms with van der Waals surface area (Å²) in [5.41, 5.74) is -1.56. The van der Waals surface area contributed by atoms with Crippen LogP contribution in [0.25, 0.3) is 0 Å². The number of ether oxygens (including phenoxy) is 2. The van der Waals surface area contributed by atoms with Gasteiger partial charge in [-0.05, 0) is 24.5 Å². The summed E-state index contributed by atoms with van der Waals surface area (Å²) in [5, 5.41) is 10.8. The van der Waals surface area contributed by atoms with Crippen molar-refractivity contribution in [3.63, 3.8) is 0 Å². The molecule has 0 atom stereocenters. The zero-order valence-corrected chi connectivity index (χ0v) is 12.3. The maximum atomic E-state index is 12.6. The first-order chi connectivity index (χ1) is 10.3. The van der Waals surface area contributed by atoms with Crippen LogP contribution in [0.4, 0.5) is 13.2 Å². The van der Waals surface area contributed by atoms with E-state index in [4.69, 9.17) is 9.47 Å². The second-order valence-corrected chi connectivity index (χ2v) is 4.86. The van der Waals surface area contributed by atoms with Crippen molar-refractivity contribution < 1.29 is 37.3 Å². The van der Waals surface area contributed by atoms with Crippen LogP contribution in [0, 0.1) is 0 Å². The van der Waals surface area contributed by atoms with Gasteiger partial charge in [-0.2, -0.15) is 24.9 Å². The lowest BCUT2D eigenvalue weighted by Crippen LogP contribution is -2.24. The Morgan fingerprint density at radius 3 is 2.50 bits per heavy atom. The monoisotopic (exact) mass is 337 g/mol. The van der Waals surface area contributed by atoms with Crippen LogP contribution in [-0.4, -0.2) is 37.2 Å². The van der Waals surface area contributed by atoms with Crippen molar-refractivity contribution in [1.29, 1.82) is 0 Å². The molecule has 1 aromatic carbocycles. The normalized spacial score (nSPS) is 11.1. The molecule has 0 aliphatic carbocycles. The third-order valence-corrected chi connectivity index (χ3v) is 2.92. The Morgan fingerprint density at radius 1 is 1.27 bits per heavy atom. The summed E-state index contributed by atoms with van der Waals surface area (Å²) in [7, 11) is 0. The van der Waals surface area contributed by atoms with E-state index in [0.29, 0.717) is 12.1 Å². The molecule has 0 unspecified atom stereocenters. The van der Waals surface area contributed by atoms with Gasteiger partial charge in [0.25, 0.3) is 0 Å². The fourth-order valence-electron chi connectivity index (χ4n) is 1.45. The molecule has 0 N–H and O–H groups in total. The summed E-state index contributed by atoms with van der Waals surface area (Å²) in [5.74, 6) is -2.52. The third kappa shape index (κ3) is 5.47. The predicted molar refractivity (Wildman–Crippen MR) is 70.6 cm³/mol. The van der Waals surface area contributed by atoms with Gasteiger partial charge in [-0.1, -0.05) is 0 Å². The summed E-state index contributed by atoms with van der Waals surface area (Å²) in [6.45, 7) is -0.482. The highest BCUT2D eigenvalue weighted by Gasteiger charge is 2.31. The molecular formula is C13H12F3O5S-. The SMILES string of the molecule is CSCC(=O)OCCOc1cc(C(F)(F)F)ccc1C(=O)[O-].